The number of hydrogen-bond donors (Lipinski definition) is 0. The van der Waals surface area contributed by atoms with Gasteiger partial charge in [-0.05, 0) is 92.5 Å². The monoisotopic (exact) mass is 364 g/mol. The van der Waals surface area contributed by atoms with Gasteiger partial charge in [0.05, 0.1) is 0 Å². The Hall–Kier alpha value is -1.86. The highest BCUT2D eigenvalue weighted by Crippen LogP contribution is 2.32. The van der Waals surface area contributed by atoms with E-state index in [1.807, 2.05) is 11.3 Å². The molecule has 0 aliphatic carbocycles. The molecule has 1 heteroatoms. The van der Waals surface area contributed by atoms with Crippen molar-refractivity contribution in [1.82, 2.24) is 0 Å². The molecule has 0 saturated heterocycles. The van der Waals surface area contributed by atoms with Crippen LogP contribution in [0, 0.1) is 6.92 Å². The van der Waals surface area contributed by atoms with Gasteiger partial charge in [-0.25, -0.2) is 0 Å². The van der Waals surface area contributed by atoms with Crippen molar-refractivity contribution >= 4 is 21.4 Å². The molecule has 0 nitrogen and oxygen atoms in total. The summed E-state index contributed by atoms with van der Waals surface area (Å²) in [6, 6.07) is 4.74. The second kappa shape index (κ2) is 9.19. The van der Waals surface area contributed by atoms with Crippen LogP contribution < -0.4 is 0 Å². The van der Waals surface area contributed by atoms with Gasteiger partial charge in [-0.1, -0.05) is 55.0 Å². The SMILES string of the molecule is C=C(CC)Cc1csc2cc(CC/C(=C/C=C(C)C)C(=C)C)cc(C)c12. The molecule has 0 spiro atoms. The molecule has 0 bridgehead atoms. The molecule has 0 saturated carbocycles. The molecule has 2 aromatic rings. The van der Waals surface area contributed by atoms with Crippen LogP contribution >= 0.6 is 11.3 Å². The molecule has 138 valence electrons. The molecule has 0 N–H and O–H groups in total. The van der Waals surface area contributed by atoms with Crippen LogP contribution in [0.15, 0.2) is 65.1 Å². The molecule has 1 heterocycles. The summed E-state index contributed by atoms with van der Waals surface area (Å²) in [5, 5.41) is 3.75. The second-order valence-electron chi connectivity index (χ2n) is 7.54. The number of allylic oxidation sites excluding steroid dienone is 6. The molecule has 26 heavy (non-hydrogen) atoms. The van der Waals surface area contributed by atoms with Crippen molar-refractivity contribution in [2.45, 2.75) is 60.3 Å². The first-order valence-electron chi connectivity index (χ1n) is 9.48. The average molecular weight is 365 g/mol. The van der Waals surface area contributed by atoms with Gasteiger partial charge in [0.1, 0.15) is 0 Å². The van der Waals surface area contributed by atoms with E-state index >= 15 is 0 Å². The molecule has 1 aromatic heterocycles. The van der Waals surface area contributed by atoms with Gasteiger partial charge in [0, 0.05) is 4.70 Å². The summed E-state index contributed by atoms with van der Waals surface area (Å²) in [6.45, 7) is 19.1. The third-order valence-electron chi connectivity index (χ3n) is 4.80. The lowest BCUT2D eigenvalue weighted by Gasteiger charge is -2.10. The summed E-state index contributed by atoms with van der Waals surface area (Å²) in [7, 11) is 0. The smallest absolute Gasteiger partial charge is 0.0351 e. The van der Waals surface area contributed by atoms with Crippen molar-refractivity contribution in [3.05, 3.63) is 81.8 Å². The van der Waals surface area contributed by atoms with Gasteiger partial charge in [0.2, 0.25) is 0 Å². The fourth-order valence-corrected chi connectivity index (χ4v) is 4.28. The van der Waals surface area contributed by atoms with Crippen molar-refractivity contribution in [3.63, 3.8) is 0 Å². The minimum atomic E-state index is 1.00. The van der Waals surface area contributed by atoms with E-state index < -0.39 is 0 Å². The number of rotatable bonds is 8. The minimum Gasteiger partial charge on any atom is -0.143 e. The fourth-order valence-electron chi connectivity index (χ4n) is 3.18. The van der Waals surface area contributed by atoms with Crippen LogP contribution in [-0.2, 0) is 12.8 Å². The summed E-state index contributed by atoms with van der Waals surface area (Å²) in [5.41, 5.74) is 9.38. The number of aryl methyl sites for hydroxylation is 2. The van der Waals surface area contributed by atoms with Gasteiger partial charge >= 0.3 is 0 Å². The van der Waals surface area contributed by atoms with Crippen LogP contribution in [0.2, 0.25) is 0 Å². The van der Waals surface area contributed by atoms with Gasteiger partial charge in [0.15, 0.2) is 0 Å². The summed E-state index contributed by atoms with van der Waals surface area (Å²) in [6.07, 6.45) is 8.56. The molecule has 0 aliphatic rings. The topological polar surface area (TPSA) is 0 Å². The van der Waals surface area contributed by atoms with Crippen LogP contribution in [0.5, 0.6) is 0 Å². The van der Waals surface area contributed by atoms with Crippen molar-refractivity contribution in [1.29, 1.82) is 0 Å². The van der Waals surface area contributed by atoms with Crippen LogP contribution in [0.25, 0.3) is 10.1 Å². The number of fused-ring (bicyclic) bond motifs is 1. The summed E-state index contributed by atoms with van der Waals surface area (Å²) < 4.78 is 1.41. The van der Waals surface area contributed by atoms with Gasteiger partial charge in [-0.2, -0.15) is 0 Å². The van der Waals surface area contributed by atoms with E-state index in [-0.39, 0.29) is 0 Å². The Labute approximate surface area is 163 Å². The Morgan fingerprint density at radius 1 is 1.12 bits per heavy atom. The van der Waals surface area contributed by atoms with Gasteiger partial charge in [-0.15, -0.1) is 11.3 Å². The lowest BCUT2D eigenvalue weighted by Crippen LogP contribution is -1.93. The summed E-state index contributed by atoms with van der Waals surface area (Å²) >= 11 is 1.87. The van der Waals surface area contributed by atoms with E-state index in [4.69, 9.17) is 0 Å². The van der Waals surface area contributed by atoms with E-state index in [1.165, 1.54) is 43.5 Å². The van der Waals surface area contributed by atoms with Crippen molar-refractivity contribution in [3.8, 4) is 0 Å². The normalized spacial score (nSPS) is 11.7. The highest BCUT2D eigenvalue weighted by molar-refractivity contribution is 7.17. The van der Waals surface area contributed by atoms with Gasteiger partial charge in [0.25, 0.3) is 0 Å². The Balaban J connectivity index is 2.23. The first-order chi connectivity index (χ1) is 12.3. The van der Waals surface area contributed by atoms with Crippen LogP contribution in [0.4, 0.5) is 0 Å². The largest absolute Gasteiger partial charge is 0.143 e. The zero-order valence-electron chi connectivity index (χ0n) is 17.0. The van der Waals surface area contributed by atoms with E-state index in [0.717, 1.165) is 31.3 Å². The van der Waals surface area contributed by atoms with Crippen molar-refractivity contribution in [2.24, 2.45) is 0 Å². The molecule has 0 amide bonds. The van der Waals surface area contributed by atoms with E-state index in [1.54, 1.807) is 0 Å². The first-order valence-corrected chi connectivity index (χ1v) is 10.4. The maximum absolute atomic E-state index is 4.18. The third kappa shape index (κ3) is 5.32. The number of benzene rings is 1. The molecule has 0 fully saturated rings. The molecule has 1 aromatic carbocycles. The van der Waals surface area contributed by atoms with Gasteiger partial charge in [-0.3, -0.25) is 0 Å². The fraction of sp³-hybridized carbons (Fsp3) is 0.360. The van der Waals surface area contributed by atoms with Crippen molar-refractivity contribution < 1.29 is 0 Å². The number of thiophene rings is 1. The predicted molar refractivity (Wildman–Crippen MR) is 120 cm³/mol. The summed E-state index contributed by atoms with van der Waals surface area (Å²) in [4.78, 5) is 0. The summed E-state index contributed by atoms with van der Waals surface area (Å²) in [5.74, 6) is 0. The van der Waals surface area contributed by atoms with Crippen LogP contribution in [0.1, 0.15) is 57.2 Å². The van der Waals surface area contributed by atoms with E-state index in [9.17, 15) is 0 Å². The minimum absolute atomic E-state index is 1.00. The molecule has 0 atom stereocenters. The first kappa shape index (κ1) is 20.5. The Bertz CT molecular complexity index is 867. The maximum atomic E-state index is 4.18. The molecule has 0 unspecified atom stereocenters. The second-order valence-corrected chi connectivity index (χ2v) is 8.45. The highest BCUT2D eigenvalue weighted by atomic mass is 32.1. The Morgan fingerprint density at radius 3 is 2.46 bits per heavy atom. The van der Waals surface area contributed by atoms with Crippen LogP contribution in [-0.4, -0.2) is 0 Å². The Kier molecular flexibility index (Phi) is 7.23. The van der Waals surface area contributed by atoms with Crippen LogP contribution in [0.3, 0.4) is 0 Å². The number of hydrogen-bond acceptors (Lipinski definition) is 1. The van der Waals surface area contributed by atoms with E-state index in [2.05, 4.69) is 77.4 Å². The lowest BCUT2D eigenvalue weighted by molar-refractivity contribution is 0.949. The third-order valence-corrected chi connectivity index (χ3v) is 5.78. The zero-order valence-corrected chi connectivity index (χ0v) is 17.9. The van der Waals surface area contributed by atoms with E-state index in [0.29, 0.717) is 0 Å². The molecule has 0 aliphatic heterocycles. The molecular weight excluding hydrogens is 332 g/mol. The quantitative estimate of drug-likeness (QED) is 0.328. The predicted octanol–water partition coefficient (Wildman–Crippen LogP) is 8.12. The maximum Gasteiger partial charge on any atom is 0.0351 e. The van der Waals surface area contributed by atoms with Crippen molar-refractivity contribution in [2.75, 3.05) is 0 Å². The lowest BCUT2D eigenvalue weighted by atomic mass is 9.95. The van der Waals surface area contributed by atoms with Gasteiger partial charge < -0.3 is 0 Å². The molecular formula is C25H32S. The molecule has 2 rings (SSSR count). The Morgan fingerprint density at radius 2 is 1.85 bits per heavy atom. The average Bonchev–Trinajstić information content (AvgIpc) is 2.97. The highest BCUT2D eigenvalue weighted by Gasteiger charge is 2.10. The molecule has 0 radical (unpaired) electrons. The zero-order chi connectivity index (χ0) is 19.3. The standard InChI is InChI=1S/C25H32S/c1-8-19(6)13-23-16-26-24-15-21(14-20(7)25(23)24)10-12-22(18(4)5)11-9-17(2)3/h9,11,14-16H,4,6,8,10,12-13H2,1-3,5,7H3/b22-11-.